The molecule has 0 aliphatic heterocycles. The predicted molar refractivity (Wildman–Crippen MR) is 40.2 cm³/mol. The highest BCUT2D eigenvalue weighted by atomic mass is 16.2. The van der Waals surface area contributed by atoms with Crippen molar-refractivity contribution >= 4 is 5.91 Å². The molecule has 12 heavy (non-hydrogen) atoms. The second-order valence-electron chi connectivity index (χ2n) is 2.35. The zero-order valence-corrected chi connectivity index (χ0v) is 6.61. The molecule has 0 saturated heterocycles. The molecule has 1 atom stereocenters. The van der Waals surface area contributed by atoms with Gasteiger partial charge in [0, 0.05) is 12.6 Å². The van der Waals surface area contributed by atoms with Crippen LogP contribution >= 0.6 is 0 Å². The number of tetrazole rings is 1. The number of H-pyrrole nitrogens is 1. The molecule has 0 saturated carbocycles. The van der Waals surface area contributed by atoms with Crippen LogP contribution in [0.15, 0.2) is 0 Å². The molecule has 7 heteroatoms. The SMILES string of the molecule is CC(CN)NC(=O)c1nn[nH]n1. The van der Waals surface area contributed by atoms with Crippen LogP contribution in [0.25, 0.3) is 0 Å². The minimum absolute atomic E-state index is 0.0234. The predicted octanol–water partition coefficient (Wildman–Crippen LogP) is -1.72. The van der Waals surface area contributed by atoms with Crippen molar-refractivity contribution in [3.63, 3.8) is 0 Å². The third-order valence-electron chi connectivity index (χ3n) is 1.28. The molecule has 1 rings (SSSR count). The molecule has 1 unspecified atom stereocenters. The molecule has 0 fully saturated rings. The van der Waals surface area contributed by atoms with Crippen molar-refractivity contribution in [2.75, 3.05) is 6.54 Å². The largest absolute Gasteiger partial charge is 0.345 e. The maximum Gasteiger partial charge on any atom is 0.293 e. The summed E-state index contributed by atoms with van der Waals surface area (Å²) in [6, 6.07) is -0.0870. The van der Waals surface area contributed by atoms with Crippen molar-refractivity contribution in [1.29, 1.82) is 0 Å². The number of hydrogen-bond donors (Lipinski definition) is 3. The quantitative estimate of drug-likeness (QED) is 0.499. The molecule has 0 spiro atoms. The van der Waals surface area contributed by atoms with Crippen molar-refractivity contribution in [2.45, 2.75) is 13.0 Å². The van der Waals surface area contributed by atoms with E-state index in [0.717, 1.165) is 0 Å². The van der Waals surface area contributed by atoms with Gasteiger partial charge in [-0.2, -0.15) is 5.21 Å². The Balaban J connectivity index is 2.50. The van der Waals surface area contributed by atoms with Crippen molar-refractivity contribution in [1.82, 2.24) is 25.9 Å². The molecule has 1 amide bonds. The lowest BCUT2D eigenvalue weighted by Crippen LogP contribution is -2.38. The lowest BCUT2D eigenvalue weighted by molar-refractivity contribution is 0.0931. The van der Waals surface area contributed by atoms with Gasteiger partial charge in [-0.25, -0.2) is 0 Å². The first-order valence-corrected chi connectivity index (χ1v) is 3.48. The Morgan fingerprint density at radius 2 is 2.58 bits per heavy atom. The van der Waals surface area contributed by atoms with Gasteiger partial charge in [-0.05, 0) is 12.1 Å². The molecule has 4 N–H and O–H groups in total. The summed E-state index contributed by atoms with van der Waals surface area (Å²) < 4.78 is 0. The summed E-state index contributed by atoms with van der Waals surface area (Å²) in [5.74, 6) is -0.350. The Hall–Kier alpha value is -1.50. The normalized spacial score (nSPS) is 12.5. The van der Waals surface area contributed by atoms with Crippen LogP contribution in [0, 0.1) is 0 Å². The Morgan fingerprint density at radius 1 is 1.83 bits per heavy atom. The van der Waals surface area contributed by atoms with E-state index in [1.165, 1.54) is 0 Å². The fraction of sp³-hybridized carbons (Fsp3) is 0.600. The van der Waals surface area contributed by atoms with Gasteiger partial charge in [-0.3, -0.25) is 4.79 Å². The topological polar surface area (TPSA) is 110 Å². The van der Waals surface area contributed by atoms with Gasteiger partial charge in [-0.1, -0.05) is 0 Å². The van der Waals surface area contributed by atoms with Crippen LogP contribution in [-0.4, -0.2) is 39.1 Å². The van der Waals surface area contributed by atoms with Crippen LogP contribution in [-0.2, 0) is 0 Å². The maximum absolute atomic E-state index is 11.1. The molecular weight excluding hydrogens is 160 g/mol. The second kappa shape index (κ2) is 3.77. The molecule has 0 aliphatic carbocycles. The summed E-state index contributed by atoms with van der Waals surface area (Å²) in [6.07, 6.45) is 0. The van der Waals surface area contributed by atoms with Crippen molar-refractivity contribution < 1.29 is 4.79 Å². The zero-order chi connectivity index (χ0) is 8.97. The summed E-state index contributed by atoms with van der Waals surface area (Å²) in [7, 11) is 0. The van der Waals surface area contributed by atoms with E-state index in [1.807, 2.05) is 0 Å². The van der Waals surface area contributed by atoms with E-state index in [0.29, 0.717) is 6.54 Å². The van der Waals surface area contributed by atoms with E-state index in [2.05, 4.69) is 25.9 Å². The summed E-state index contributed by atoms with van der Waals surface area (Å²) in [4.78, 5) is 11.1. The molecule has 0 bridgehead atoms. The summed E-state index contributed by atoms with van der Waals surface area (Å²) in [6.45, 7) is 2.17. The second-order valence-corrected chi connectivity index (χ2v) is 2.35. The molecule has 1 aromatic rings. The van der Waals surface area contributed by atoms with Crippen molar-refractivity contribution in [3.8, 4) is 0 Å². The van der Waals surface area contributed by atoms with Gasteiger partial charge in [0.25, 0.3) is 11.7 Å². The number of aromatic amines is 1. The van der Waals surface area contributed by atoms with Crippen LogP contribution in [0.4, 0.5) is 0 Å². The van der Waals surface area contributed by atoms with Crippen molar-refractivity contribution in [2.24, 2.45) is 5.73 Å². The monoisotopic (exact) mass is 170 g/mol. The van der Waals surface area contributed by atoms with E-state index in [9.17, 15) is 4.79 Å². The van der Waals surface area contributed by atoms with Crippen LogP contribution < -0.4 is 11.1 Å². The Bertz CT molecular complexity index is 244. The fourth-order valence-electron chi connectivity index (χ4n) is 0.605. The number of nitrogens with one attached hydrogen (secondary N) is 2. The molecule has 0 aliphatic rings. The number of nitrogens with two attached hydrogens (primary N) is 1. The van der Waals surface area contributed by atoms with E-state index in [-0.39, 0.29) is 17.8 Å². The summed E-state index contributed by atoms with van der Waals surface area (Å²) in [5, 5.41) is 15.0. The highest BCUT2D eigenvalue weighted by Crippen LogP contribution is 1.85. The van der Waals surface area contributed by atoms with Gasteiger partial charge < -0.3 is 11.1 Å². The summed E-state index contributed by atoms with van der Waals surface area (Å²) in [5.41, 5.74) is 5.29. The molecule has 0 aromatic carbocycles. The third kappa shape index (κ3) is 1.99. The first-order chi connectivity index (χ1) is 5.74. The zero-order valence-electron chi connectivity index (χ0n) is 6.61. The Labute approximate surface area is 68.7 Å². The lowest BCUT2D eigenvalue weighted by atomic mass is 10.3. The number of amides is 1. The van der Waals surface area contributed by atoms with Gasteiger partial charge in [0.05, 0.1) is 0 Å². The van der Waals surface area contributed by atoms with Crippen LogP contribution in [0.1, 0.15) is 17.5 Å². The van der Waals surface area contributed by atoms with E-state index in [1.54, 1.807) is 6.92 Å². The first kappa shape index (κ1) is 8.60. The fourth-order valence-corrected chi connectivity index (χ4v) is 0.605. The highest BCUT2D eigenvalue weighted by Gasteiger charge is 2.11. The van der Waals surface area contributed by atoms with Gasteiger partial charge in [-0.15, -0.1) is 10.2 Å². The van der Waals surface area contributed by atoms with E-state index in [4.69, 9.17) is 5.73 Å². The minimum Gasteiger partial charge on any atom is -0.345 e. The number of carbonyl (C=O) groups excluding carboxylic acids is 1. The maximum atomic E-state index is 11.1. The standard InChI is InChI=1S/C5H10N6O/c1-3(2-6)7-5(12)4-8-10-11-9-4/h3H,2,6H2,1H3,(H,7,12)(H,8,9,10,11). The van der Waals surface area contributed by atoms with Crippen LogP contribution in [0.5, 0.6) is 0 Å². The average Bonchev–Trinajstić information content (AvgIpc) is 2.56. The third-order valence-corrected chi connectivity index (χ3v) is 1.28. The number of carbonyl (C=O) groups is 1. The van der Waals surface area contributed by atoms with E-state index < -0.39 is 0 Å². The van der Waals surface area contributed by atoms with E-state index >= 15 is 0 Å². The van der Waals surface area contributed by atoms with Gasteiger partial charge in [0.1, 0.15) is 0 Å². The number of nitrogens with zero attached hydrogens (tertiary/aromatic N) is 3. The van der Waals surface area contributed by atoms with Gasteiger partial charge in [0.15, 0.2) is 0 Å². The molecule has 0 radical (unpaired) electrons. The number of aromatic nitrogens is 4. The number of rotatable bonds is 3. The molecule has 1 heterocycles. The Morgan fingerprint density at radius 3 is 3.08 bits per heavy atom. The van der Waals surface area contributed by atoms with Crippen LogP contribution in [0.2, 0.25) is 0 Å². The highest BCUT2D eigenvalue weighted by molar-refractivity contribution is 5.90. The Kier molecular flexibility index (Phi) is 2.70. The molecular formula is C5H10N6O. The van der Waals surface area contributed by atoms with Crippen LogP contribution in [0.3, 0.4) is 0 Å². The van der Waals surface area contributed by atoms with Crippen molar-refractivity contribution in [3.05, 3.63) is 5.82 Å². The first-order valence-electron chi connectivity index (χ1n) is 3.48. The average molecular weight is 170 g/mol. The smallest absolute Gasteiger partial charge is 0.293 e. The molecule has 7 nitrogen and oxygen atoms in total. The lowest BCUT2D eigenvalue weighted by Gasteiger charge is -2.07. The van der Waals surface area contributed by atoms with Gasteiger partial charge >= 0.3 is 0 Å². The minimum atomic E-state index is -0.373. The summed E-state index contributed by atoms with van der Waals surface area (Å²) >= 11 is 0. The molecule has 66 valence electrons. The number of hydrogen-bond acceptors (Lipinski definition) is 5. The molecule has 1 aromatic heterocycles. The van der Waals surface area contributed by atoms with Gasteiger partial charge in [0.2, 0.25) is 0 Å².